The van der Waals surface area contributed by atoms with Crippen LogP contribution in [0.1, 0.15) is 61.6 Å². The predicted octanol–water partition coefficient (Wildman–Crippen LogP) is 5.39. The second-order valence-corrected chi connectivity index (χ2v) is 9.47. The lowest BCUT2D eigenvalue weighted by molar-refractivity contribution is -0.121. The van der Waals surface area contributed by atoms with E-state index in [1.165, 1.54) is 53.4 Å². The largest absolute Gasteiger partial charge is 0.356 e. The van der Waals surface area contributed by atoms with Crippen LogP contribution < -0.4 is 5.32 Å². The van der Waals surface area contributed by atoms with Crippen LogP contribution in [0.2, 0.25) is 0 Å². The summed E-state index contributed by atoms with van der Waals surface area (Å²) in [5, 5.41) is 4.43. The van der Waals surface area contributed by atoms with Gasteiger partial charge in [0, 0.05) is 55.6 Å². The van der Waals surface area contributed by atoms with Crippen molar-refractivity contribution in [3.63, 3.8) is 0 Å². The first-order valence-corrected chi connectivity index (χ1v) is 12.1. The normalized spacial score (nSPS) is 18.0. The number of nitrogens with zero attached hydrogens (tertiary/aromatic N) is 2. The summed E-state index contributed by atoms with van der Waals surface area (Å²) in [7, 11) is 2.08. The molecule has 1 aliphatic rings. The molecule has 32 heavy (non-hydrogen) atoms. The number of para-hydroxylation sites is 1. The molecule has 170 valence electrons. The molecule has 1 N–H and O–H groups in total. The third kappa shape index (κ3) is 5.24. The number of piperidine rings is 1. The highest BCUT2D eigenvalue weighted by Crippen LogP contribution is 2.34. The van der Waals surface area contributed by atoms with Gasteiger partial charge in [-0.3, -0.25) is 4.79 Å². The summed E-state index contributed by atoms with van der Waals surface area (Å²) in [5.41, 5.74) is 4.87. The zero-order valence-electron chi connectivity index (χ0n) is 19.8. The van der Waals surface area contributed by atoms with Gasteiger partial charge in [-0.15, -0.1) is 0 Å². The highest BCUT2D eigenvalue weighted by atomic mass is 16.1. The predicted molar refractivity (Wildman–Crippen MR) is 133 cm³/mol. The molecular weight excluding hydrogens is 394 g/mol. The Morgan fingerprint density at radius 2 is 2.00 bits per heavy atom. The van der Waals surface area contributed by atoms with Crippen molar-refractivity contribution < 1.29 is 4.79 Å². The van der Waals surface area contributed by atoms with Crippen molar-refractivity contribution in [3.05, 3.63) is 71.4 Å². The molecule has 2 atom stereocenters. The molecule has 1 saturated heterocycles. The average Bonchev–Trinajstić information content (AvgIpc) is 3.13. The summed E-state index contributed by atoms with van der Waals surface area (Å²) >= 11 is 0. The van der Waals surface area contributed by atoms with Gasteiger partial charge in [0.05, 0.1) is 0 Å². The second kappa shape index (κ2) is 10.4. The third-order valence-electron chi connectivity index (χ3n) is 7.02. The van der Waals surface area contributed by atoms with Crippen molar-refractivity contribution in [3.8, 4) is 0 Å². The summed E-state index contributed by atoms with van der Waals surface area (Å²) in [6, 6.07) is 17.7. The van der Waals surface area contributed by atoms with Crippen LogP contribution in [0.5, 0.6) is 0 Å². The molecule has 4 heteroatoms. The summed E-state index contributed by atoms with van der Waals surface area (Å²) in [5.74, 6) is 0.180. The topological polar surface area (TPSA) is 37.3 Å². The molecule has 1 aliphatic heterocycles. The number of fused-ring (bicyclic) bond motifs is 1. The highest BCUT2D eigenvalue weighted by molar-refractivity contribution is 5.86. The summed E-state index contributed by atoms with van der Waals surface area (Å²) in [6.07, 6.45) is 7.64. The molecule has 2 aromatic carbocycles. The summed E-state index contributed by atoms with van der Waals surface area (Å²) in [6.45, 7) is 7.47. The standard InChI is InChI=1S/C28H37N3O/c1-21-10-8-12-23(18-21)25(26-20-30(3)27-14-5-4-13-24(26)27)19-28(32)29-15-9-17-31-16-7-6-11-22(31)2/h4-5,8,10,12-14,18,20,22,25H,6-7,9,11,15-17,19H2,1-3H3,(H,29,32). The van der Waals surface area contributed by atoms with Gasteiger partial charge in [0.2, 0.25) is 5.91 Å². The number of nitrogens with one attached hydrogen (secondary N) is 1. The van der Waals surface area contributed by atoms with Gasteiger partial charge in [-0.1, -0.05) is 54.4 Å². The van der Waals surface area contributed by atoms with Crippen LogP contribution in [0.3, 0.4) is 0 Å². The molecule has 4 nitrogen and oxygen atoms in total. The van der Waals surface area contributed by atoms with Crippen molar-refractivity contribution in [2.75, 3.05) is 19.6 Å². The maximum atomic E-state index is 13.0. The Labute approximate surface area is 192 Å². The van der Waals surface area contributed by atoms with Crippen molar-refractivity contribution in [2.45, 2.75) is 57.9 Å². The van der Waals surface area contributed by atoms with E-state index < -0.39 is 0 Å². The molecule has 1 aromatic heterocycles. The Kier molecular flexibility index (Phi) is 7.31. The Balaban J connectivity index is 1.45. The maximum Gasteiger partial charge on any atom is 0.220 e. The maximum absolute atomic E-state index is 13.0. The first-order chi connectivity index (χ1) is 15.5. The van der Waals surface area contributed by atoms with E-state index in [4.69, 9.17) is 0 Å². The number of rotatable bonds is 8. The van der Waals surface area contributed by atoms with Crippen molar-refractivity contribution in [1.29, 1.82) is 0 Å². The van der Waals surface area contributed by atoms with E-state index in [9.17, 15) is 4.79 Å². The number of hydrogen-bond acceptors (Lipinski definition) is 2. The van der Waals surface area contributed by atoms with Crippen LogP contribution in [0, 0.1) is 6.92 Å². The van der Waals surface area contributed by atoms with Crippen molar-refractivity contribution in [1.82, 2.24) is 14.8 Å². The third-order valence-corrected chi connectivity index (χ3v) is 7.02. The lowest BCUT2D eigenvalue weighted by Gasteiger charge is -2.33. The van der Waals surface area contributed by atoms with Crippen LogP contribution >= 0.6 is 0 Å². The molecule has 1 fully saturated rings. The van der Waals surface area contributed by atoms with Gasteiger partial charge >= 0.3 is 0 Å². The zero-order valence-corrected chi connectivity index (χ0v) is 19.8. The number of benzene rings is 2. The molecule has 0 spiro atoms. The molecule has 2 heterocycles. The lowest BCUT2D eigenvalue weighted by Crippen LogP contribution is -2.39. The smallest absolute Gasteiger partial charge is 0.220 e. The molecular formula is C28H37N3O. The van der Waals surface area contributed by atoms with Crippen LogP contribution in [-0.4, -0.2) is 41.1 Å². The minimum absolute atomic E-state index is 0.0446. The Morgan fingerprint density at radius 3 is 2.81 bits per heavy atom. The SMILES string of the molecule is Cc1cccc(C(CC(=O)NCCCN2CCCCC2C)c2cn(C)c3ccccc23)c1. The number of aromatic nitrogens is 1. The Bertz CT molecular complexity index is 1050. The fourth-order valence-electron chi connectivity index (χ4n) is 5.20. The minimum Gasteiger partial charge on any atom is -0.356 e. The first kappa shape index (κ1) is 22.6. The van der Waals surface area contributed by atoms with E-state index in [0.717, 1.165) is 19.5 Å². The fraction of sp³-hybridized carbons (Fsp3) is 0.464. The van der Waals surface area contributed by atoms with E-state index in [0.29, 0.717) is 12.5 Å². The molecule has 4 rings (SSSR count). The highest BCUT2D eigenvalue weighted by Gasteiger charge is 2.22. The lowest BCUT2D eigenvalue weighted by atomic mass is 9.87. The van der Waals surface area contributed by atoms with Gasteiger partial charge in [-0.25, -0.2) is 0 Å². The number of likely N-dealkylation sites (tertiary alicyclic amines) is 1. The van der Waals surface area contributed by atoms with E-state index in [1.54, 1.807) is 0 Å². The summed E-state index contributed by atoms with van der Waals surface area (Å²) in [4.78, 5) is 15.6. The van der Waals surface area contributed by atoms with Gasteiger partial charge in [-0.2, -0.15) is 0 Å². The van der Waals surface area contributed by atoms with Crippen LogP contribution in [0.4, 0.5) is 0 Å². The van der Waals surface area contributed by atoms with Crippen LogP contribution in [0.15, 0.2) is 54.7 Å². The molecule has 0 radical (unpaired) electrons. The van der Waals surface area contributed by atoms with Crippen molar-refractivity contribution in [2.24, 2.45) is 7.05 Å². The molecule has 0 aliphatic carbocycles. The molecule has 0 bridgehead atoms. The minimum atomic E-state index is 0.0446. The monoisotopic (exact) mass is 431 g/mol. The first-order valence-electron chi connectivity index (χ1n) is 12.1. The van der Waals surface area contributed by atoms with E-state index in [-0.39, 0.29) is 11.8 Å². The molecule has 2 unspecified atom stereocenters. The van der Waals surface area contributed by atoms with Crippen molar-refractivity contribution >= 4 is 16.8 Å². The number of carbonyl (C=O) groups excluding carboxylic acids is 1. The van der Waals surface area contributed by atoms with Crippen LogP contribution in [-0.2, 0) is 11.8 Å². The number of carbonyl (C=O) groups is 1. The zero-order chi connectivity index (χ0) is 22.5. The van der Waals surface area contributed by atoms with Gasteiger partial charge in [0.15, 0.2) is 0 Å². The molecule has 3 aromatic rings. The van der Waals surface area contributed by atoms with E-state index in [1.807, 2.05) is 0 Å². The second-order valence-electron chi connectivity index (χ2n) is 9.47. The summed E-state index contributed by atoms with van der Waals surface area (Å²) < 4.78 is 2.17. The molecule has 0 saturated carbocycles. The van der Waals surface area contributed by atoms with Gasteiger partial charge in [0.25, 0.3) is 0 Å². The Morgan fingerprint density at radius 1 is 1.16 bits per heavy atom. The van der Waals surface area contributed by atoms with Gasteiger partial charge in [-0.05, 0) is 56.8 Å². The van der Waals surface area contributed by atoms with E-state index in [2.05, 4.69) is 90.4 Å². The Hall–Kier alpha value is -2.59. The average molecular weight is 432 g/mol. The quantitative estimate of drug-likeness (QED) is 0.486. The molecule has 1 amide bonds. The fourth-order valence-corrected chi connectivity index (χ4v) is 5.20. The number of aryl methyl sites for hydroxylation is 2. The van der Waals surface area contributed by atoms with Gasteiger partial charge < -0.3 is 14.8 Å². The van der Waals surface area contributed by atoms with E-state index >= 15 is 0 Å². The number of amides is 1. The number of hydrogen-bond donors (Lipinski definition) is 1. The van der Waals surface area contributed by atoms with Crippen LogP contribution in [0.25, 0.3) is 10.9 Å². The van der Waals surface area contributed by atoms with Gasteiger partial charge in [0.1, 0.15) is 0 Å².